The predicted octanol–water partition coefficient (Wildman–Crippen LogP) is 2.48. The summed E-state index contributed by atoms with van der Waals surface area (Å²) in [7, 11) is 0. The van der Waals surface area contributed by atoms with Crippen LogP contribution in [0.15, 0.2) is 24.5 Å². The van der Waals surface area contributed by atoms with Gasteiger partial charge in [0.15, 0.2) is 0 Å². The molecule has 1 aliphatic heterocycles. The molecular weight excluding hydrogens is 234 g/mol. The second kappa shape index (κ2) is 6.49. The topological polar surface area (TPSA) is 37.0 Å². The lowest BCUT2D eigenvalue weighted by Gasteiger charge is -2.36. The minimum absolute atomic E-state index is 0.685. The highest BCUT2D eigenvalue weighted by Crippen LogP contribution is 2.30. The Balaban J connectivity index is 1.57. The molecule has 3 nitrogen and oxygen atoms in total. The number of hydrogen-bond acceptors (Lipinski definition) is 3. The highest BCUT2D eigenvalue weighted by atomic mass is 15.0. The molecule has 0 amide bonds. The van der Waals surface area contributed by atoms with Crippen LogP contribution in [0.2, 0.25) is 0 Å². The minimum Gasteiger partial charge on any atom is -0.314 e. The van der Waals surface area contributed by atoms with Crippen molar-refractivity contribution >= 4 is 0 Å². The van der Waals surface area contributed by atoms with Gasteiger partial charge in [-0.3, -0.25) is 4.98 Å². The van der Waals surface area contributed by atoms with E-state index in [1.54, 1.807) is 0 Å². The fourth-order valence-corrected chi connectivity index (χ4v) is 3.72. The van der Waals surface area contributed by atoms with Crippen molar-refractivity contribution in [2.24, 2.45) is 5.92 Å². The maximum absolute atomic E-state index is 4.19. The zero-order valence-corrected chi connectivity index (χ0v) is 11.6. The summed E-state index contributed by atoms with van der Waals surface area (Å²) in [6.07, 6.45) is 12.1. The third-order valence-electron chi connectivity index (χ3n) is 4.73. The number of aromatic nitrogens is 1. The summed E-state index contributed by atoms with van der Waals surface area (Å²) in [6.45, 7) is 2.18. The zero-order valence-electron chi connectivity index (χ0n) is 11.6. The highest BCUT2D eigenvalue weighted by molar-refractivity contribution is 5.08. The van der Waals surface area contributed by atoms with E-state index in [9.17, 15) is 0 Å². The molecule has 2 heterocycles. The van der Waals surface area contributed by atoms with Gasteiger partial charge < -0.3 is 10.6 Å². The first-order valence-electron chi connectivity index (χ1n) is 7.79. The van der Waals surface area contributed by atoms with Crippen molar-refractivity contribution in [2.75, 3.05) is 6.54 Å². The summed E-state index contributed by atoms with van der Waals surface area (Å²) >= 11 is 0. The number of rotatable bonds is 4. The summed E-state index contributed by atoms with van der Waals surface area (Å²) < 4.78 is 0. The van der Waals surface area contributed by atoms with E-state index in [0.29, 0.717) is 6.04 Å². The molecule has 2 aliphatic rings. The van der Waals surface area contributed by atoms with E-state index in [4.69, 9.17) is 0 Å². The molecule has 1 aromatic rings. The van der Waals surface area contributed by atoms with Crippen LogP contribution < -0.4 is 10.6 Å². The Morgan fingerprint density at radius 1 is 1.21 bits per heavy atom. The fraction of sp³-hybridized carbons (Fsp3) is 0.688. The molecule has 104 valence electrons. The lowest BCUT2D eigenvalue weighted by molar-refractivity contribution is 0.213. The van der Waals surface area contributed by atoms with Crippen LogP contribution in [0.25, 0.3) is 0 Å². The van der Waals surface area contributed by atoms with E-state index in [2.05, 4.69) is 21.7 Å². The van der Waals surface area contributed by atoms with Crippen LogP contribution >= 0.6 is 0 Å². The average molecular weight is 259 g/mol. The van der Waals surface area contributed by atoms with Crippen LogP contribution in [-0.2, 0) is 6.54 Å². The normalized spacial score (nSPS) is 31.5. The highest BCUT2D eigenvalue weighted by Gasteiger charge is 2.32. The van der Waals surface area contributed by atoms with Crippen molar-refractivity contribution in [1.29, 1.82) is 0 Å². The van der Waals surface area contributed by atoms with Crippen LogP contribution in [-0.4, -0.2) is 23.6 Å². The van der Waals surface area contributed by atoms with Crippen LogP contribution in [0.4, 0.5) is 0 Å². The van der Waals surface area contributed by atoms with E-state index >= 15 is 0 Å². The Labute approximate surface area is 116 Å². The van der Waals surface area contributed by atoms with Gasteiger partial charge in [-0.25, -0.2) is 0 Å². The number of hydrogen-bond donors (Lipinski definition) is 2. The van der Waals surface area contributed by atoms with Gasteiger partial charge >= 0.3 is 0 Å². The third kappa shape index (κ3) is 3.34. The van der Waals surface area contributed by atoms with Crippen molar-refractivity contribution in [3.05, 3.63) is 30.1 Å². The molecule has 1 saturated carbocycles. The van der Waals surface area contributed by atoms with Gasteiger partial charge in [-0.2, -0.15) is 0 Å². The maximum Gasteiger partial charge on any atom is 0.0312 e. The first-order valence-corrected chi connectivity index (χ1v) is 7.79. The molecule has 0 spiro atoms. The molecule has 1 aliphatic carbocycles. The number of nitrogens with zero attached hydrogens (tertiary/aromatic N) is 1. The first kappa shape index (κ1) is 13.1. The quantitative estimate of drug-likeness (QED) is 0.872. The second-order valence-corrected chi connectivity index (χ2v) is 6.00. The Morgan fingerprint density at radius 2 is 2.16 bits per heavy atom. The number of nitrogens with one attached hydrogen (secondary N) is 2. The molecular formula is C16H25N3. The van der Waals surface area contributed by atoms with Gasteiger partial charge in [-0.15, -0.1) is 0 Å². The fourth-order valence-electron chi connectivity index (χ4n) is 3.72. The van der Waals surface area contributed by atoms with Crippen molar-refractivity contribution < 1.29 is 0 Å². The molecule has 2 fully saturated rings. The first-order chi connectivity index (χ1) is 9.43. The molecule has 19 heavy (non-hydrogen) atoms. The van der Waals surface area contributed by atoms with Crippen LogP contribution in [0.3, 0.4) is 0 Å². The average Bonchev–Trinajstić information content (AvgIpc) is 3.01. The monoisotopic (exact) mass is 259 g/mol. The van der Waals surface area contributed by atoms with E-state index in [1.807, 2.05) is 18.5 Å². The smallest absolute Gasteiger partial charge is 0.0312 e. The van der Waals surface area contributed by atoms with E-state index in [1.165, 1.54) is 50.6 Å². The molecule has 3 rings (SSSR count). The lowest BCUT2D eigenvalue weighted by atomic mass is 9.79. The molecule has 3 atom stereocenters. The van der Waals surface area contributed by atoms with E-state index < -0.39 is 0 Å². The Bertz CT molecular complexity index is 373. The summed E-state index contributed by atoms with van der Waals surface area (Å²) in [5.74, 6) is 0.827. The summed E-state index contributed by atoms with van der Waals surface area (Å²) in [5, 5.41) is 7.49. The Hall–Kier alpha value is -0.930. The summed E-state index contributed by atoms with van der Waals surface area (Å²) in [6, 6.07) is 5.62. The van der Waals surface area contributed by atoms with Gasteiger partial charge in [-0.05, 0) is 49.8 Å². The van der Waals surface area contributed by atoms with Crippen LogP contribution in [0.1, 0.15) is 44.1 Å². The molecule has 0 radical (unpaired) electrons. The van der Waals surface area contributed by atoms with Crippen molar-refractivity contribution in [1.82, 2.24) is 15.6 Å². The van der Waals surface area contributed by atoms with Crippen LogP contribution in [0.5, 0.6) is 0 Å². The molecule has 1 aromatic heterocycles. The second-order valence-electron chi connectivity index (χ2n) is 6.00. The van der Waals surface area contributed by atoms with Gasteiger partial charge in [0.2, 0.25) is 0 Å². The third-order valence-corrected chi connectivity index (χ3v) is 4.73. The SMILES string of the molecule is c1cncc(CNC2CCCCC2C2CCCN2)c1. The van der Waals surface area contributed by atoms with Gasteiger partial charge in [0.05, 0.1) is 0 Å². The molecule has 3 unspecified atom stereocenters. The Kier molecular flexibility index (Phi) is 4.46. The van der Waals surface area contributed by atoms with Gasteiger partial charge in [0, 0.05) is 31.0 Å². The summed E-state index contributed by atoms with van der Waals surface area (Å²) in [4.78, 5) is 4.19. The molecule has 3 heteroatoms. The Morgan fingerprint density at radius 3 is 2.95 bits per heavy atom. The molecule has 2 N–H and O–H groups in total. The maximum atomic E-state index is 4.19. The summed E-state index contributed by atoms with van der Waals surface area (Å²) in [5.41, 5.74) is 1.30. The van der Waals surface area contributed by atoms with Gasteiger partial charge in [-0.1, -0.05) is 18.9 Å². The molecule has 1 saturated heterocycles. The largest absolute Gasteiger partial charge is 0.314 e. The molecule has 0 aromatic carbocycles. The van der Waals surface area contributed by atoms with Crippen LogP contribution in [0, 0.1) is 5.92 Å². The zero-order chi connectivity index (χ0) is 12.9. The standard InChI is InChI=1S/C16H25N3/c1-2-7-16(14(6-1)15-8-4-10-18-15)19-12-13-5-3-9-17-11-13/h3,5,9,11,14-16,18-19H,1-2,4,6-8,10,12H2. The van der Waals surface area contributed by atoms with Gasteiger partial charge in [0.1, 0.15) is 0 Å². The number of pyridine rings is 1. The van der Waals surface area contributed by atoms with Crippen molar-refractivity contribution in [2.45, 2.75) is 57.2 Å². The predicted molar refractivity (Wildman–Crippen MR) is 77.8 cm³/mol. The van der Waals surface area contributed by atoms with Gasteiger partial charge in [0.25, 0.3) is 0 Å². The van der Waals surface area contributed by atoms with Crippen molar-refractivity contribution in [3.63, 3.8) is 0 Å². The van der Waals surface area contributed by atoms with E-state index in [0.717, 1.165) is 18.5 Å². The lowest BCUT2D eigenvalue weighted by Crippen LogP contribution is -2.46. The van der Waals surface area contributed by atoms with E-state index in [-0.39, 0.29) is 0 Å². The van der Waals surface area contributed by atoms with Crippen molar-refractivity contribution in [3.8, 4) is 0 Å². The minimum atomic E-state index is 0.685. The molecule has 0 bridgehead atoms.